The van der Waals surface area contributed by atoms with Crippen LogP contribution in [0.25, 0.3) is 5.57 Å². The van der Waals surface area contributed by atoms with E-state index in [1.54, 1.807) is 12.1 Å². The number of hydrogen-bond acceptors (Lipinski definition) is 7. The number of rotatable bonds is 11. The molecule has 2 aliphatic rings. The number of nitrogens with one attached hydrogen (secondary N) is 1. The van der Waals surface area contributed by atoms with Gasteiger partial charge in [-0.2, -0.15) is 0 Å². The number of aliphatic hydroxyl groups excluding tert-OH is 1. The van der Waals surface area contributed by atoms with Crippen LogP contribution in [0.3, 0.4) is 0 Å². The number of aromatic nitrogens is 1. The van der Waals surface area contributed by atoms with Gasteiger partial charge in [-0.15, -0.1) is 0 Å². The molecule has 1 atom stereocenters. The van der Waals surface area contributed by atoms with Crippen molar-refractivity contribution in [1.29, 1.82) is 0 Å². The first-order valence-corrected chi connectivity index (χ1v) is 12.9. The lowest BCUT2D eigenvalue weighted by molar-refractivity contribution is 0.0706. The van der Waals surface area contributed by atoms with E-state index < -0.39 is 12.0 Å². The largest absolute Gasteiger partial charge is 0.490 e. The molecule has 4 N–H and O–H groups in total. The van der Waals surface area contributed by atoms with Gasteiger partial charge in [0.15, 0.2) is 0 Å². The van der Waals surface area contributed by atoms with E-state index in [0.717, 1.165) is 46.7 Å². The molecule has 39 heavy (non-hydrogen) atoms. The third-order valence-corrected chi connectivity index (χ3v) is 6.60. The van der Waals surface area contributed by atoms with E-state index in [1.807, 2.05) is 54.6 Å². The van der Waals surface area contributed by atoms with Crippen LogP contribution in [0.2, 0.25) is 0 Å². The Bertz CT molecular complexity index is 1440. The van der Waals surface area contributed by atoms with Crippen LogP contribution >= 0.6 is 0 Å². The van der Waals surface area contributed by atoms with Gasteiger partial charge in [0.25, 0.3) is 0 Å². The van der Waals surface area contributed by atoms with Crippen LogP contribution in [0.4, 0.5) is 5.69 Å². The van der Waals surface area contributed by atoms with Gasteiger partial charge in [-0.05, 0) is 56.2 Å². The number of aliphatic hydroxyl groups is 1. The summed E-state index contributed by atoms with van der Waals surface area (Å²) in [5.41, 5.74) is 10.5. The zero-order chi connectivity index (χ0) is 27.4. The summed E-state index contributed by atoms with van der Waals surface area (Å²) in [5, 5.41) is 14.1. The molecule has 1 unspecified atom stereocenters. The number of nitrogens with zero attached hydrogens (tertiary/aromatic N) is 2. The van der Waals surface area contributed by atoms with Crippen LogP contribution in [0.1, 0.15) is 41.8 Å². The number of aliphatic imine (C=N–C) groups is 1. The molecule has 8 nitrogen and oxygen atoms in total. The van der Waals surface area contributed by atoms with Crippen molar-refractivity contribution in [2.75, 3.05) is 13.2 Å². The second-order valence-electron chi connectivity index (χ2n) is 10.3. The van der Waals surface area contributed by atoms with Gasteiger partial charge in [-0.1, -0.05) is 36.4 Å². The van der Waals surface area contributed by atoms with Gasteiger partial charge in [-0.25, -0.2) is 4.98 Å². The molecule has 3 aromatic rings. The molecule has 0 saturated carbocycles. The summed E-state index contributed by atoms with van der Waals surface area (Å²) < 4.78 is 11.8. The number of fused-ring (bicyclic) bond motifs is 3. The summed E-state index contributed by atoms with van der Waals surface area (Å²) in [6.07, 6.45) is 6.27. The number of nitrogens with two attached hydrogens (primary N) is 1. The second kappa shape index (κ2) is 11.2. The number of amides is 1. The third kappa shape index (κ3) is 6.42. The Labute approximate surface area is 227 Å². The van der Waals surface area contributed by atoms with E-state index in [1.165, 1.54) is 6.20 Å². The number of carbonyl (C=O) groups is 1. The number of carbonyl (C=O) groups excluding carboxylic acids is 1. The third-order valence-electron chi connectivity index (χ3n) is 6.60. The number of hydrogen-bond donors (Lipinski definition) is 3. The maximum Gasteiger partial charge on any atom is 0.250 e. The number of β-amino-alcohol motifs (C(OH)–C–C–N with tert-alkyl or cyclic N) is 1. The molecule has 8 heteroatoms. The van der Waals surface area contributed by atoms with Gasteiger partial charge < -0.3 is 25.6 Å². The molecule has 0 radical (unpaired) electrons. The first kappa shape index (κ1) is 26.3. The summed E-state index contributed by atoms with van der Waals surface area (Å²) >= 11 is 0. The topological polar surface area (TPSA) is 119 Å². The fourth-order valence-corrected chi connectivity index (χ4v) is 4.64. The fourth-order valence-electron chi connectivity index (χ4n) is 4.64. The van der Waals surface area contributed by atoms with E-state index in [2.05, 4.69) is 30.2 Å². The van der Waals surface area contributed by atoms with Crippen molar-refractivity contribution in [2.45, 2.75) is 38.3 Å². The Morgan fingerprint density at radius 2 is 1.92 bits per heavy atom. The van der Waals surface area contributed by atoms with Crippen molar-refractivity contribution in [3.05, 3.63) is 101 Å². The van der Waals surface area contributed by atoms with Gasteiger partial charge in [0.1, 0.15) is 24.2 Å². The minimum atomic E-state index is -0.672. The number of ether oxygens (including phenoxy) is 2. The lowest BCUT2D eigenvalue weighted by Crippen LogP contribution is -2.46. The number of primary amides is 1. The predicted octanol–water partition coefficient (Wildman–Crippen LogP) is 4.72. The Kier molecular flexibility index (Phi) is 7.58. The van der Waals surface area contributed by atoms with Crippen molar-refractivity contribution < 1.29 is 19.4 Å². The monoisotopic (exact) mass is 524 g/mol. The highest BCUT2D eigenvalue weighted by atomic mass is 16.5. The zero-order valence-corrected chi connectivity index (χ0v) is 22.1. The lowest BCUT2D eigenvalue weighted by Gasteiger charge is -2.28. The molecular formula is C31H32N4O4. The summed E-state index contributed by atoms with van der Waals surface area (Å²) in [5.74, 6) is 1.25. The van der Waals surface area contributed by atoms with Crippen molar-refractivity contribution in [3.63, 3.8) is 0 Å². The van der Waals surface area contributed by atoms with Crippen LogP contribution in [0.15, 0.2) is 89.8 Å². The molecule has 0 saturated heterocycles. The van der Waals surface area contributed by atoms with Gasteiger partial charge >= 0.3 is 0 Å². The highest BCUT2D eigenvalue weighted by Gasteiger charge is 2.26. The molecule has 2 aromatic carbocycles. The fraction of sp³-hybridized carbons (Fsp3) is 0.258. The summed E-state index contributed by atoms with van der Waals surface area (Å²) in [7, 11) is 0. The predicted molar refractivity (Wildman–Crippen MR) is 151 cm³/mol. The van der Waals surface area contributed by atoms with Crippen molar-refractivity contribution in [3.8, 4) is 11.6 Å². The van der Waals surface area contributed by atoms with Gasteiger partial charge in [-0.3, -0.25) is 9.79 Å². The Balaban J connectivity index is 1.11. The summed E-state index contributed by atoms with van der Waals surface area (Å²) in [6, 6.07) is 19.0. The summed E-state index contributed by atoms with van der Waals surface area (Å²) in [6.45, 7) is 4.77. The smallest absolute Gasteiger partial charge is 0.250 e. The Morgan fingerprint density at radius 1 is 1.13 bits per heavy atom. The van der Waals surface area contributed by atoms with Gasteiger partial charge in [0.05, 0.1) is 17.0 Å². The van der Waals surface area contributed by atoms with E-state index in [4.69, 9.17) is 20.2 Å². The molecule has 2 heterocycles. The SMILES string of the molecule is CC(C)(Cc1ccc(Oc2ccc(C(N)=O)cn2)cc1)NCC(O)COC1=C2C(=Nc3ccccc32)CC=C1. The molecule has 1 amide bonds. The van der Waals surface area contributed by atoms with Crippen molar-refractivity contribution in [2.24, 2.45) is 10.7 Å². The highest BCUT2D eigenvalue weighted by molar-refractivity contribution is 6.30. The van der Waals surface area contributed by atoms with Gasteiger partial charge in [0.2, 0.25) is 11.8 Å². The maximum absolute atomic E-state index is 11.2. The number of para-hydroxylation sites is 1. The number of benzene rings is 2. The van der Waals surface area contributed by atoms with E-state index in [-0.39, 0.29) is 12.1 Å². The molecule has 1 aliphatic carbocycles. The second-order valence-corrected chi connectivity index (χ2v) is 10.3. The van der Waals surface area contributed by atoms with Crippen molar-refractivity contribution >= 4 is 22.9 Å². The van der Waals surface area contributed by atoms with Crippen LogP contribution in [0.5, 0.6) is 11.6 Å². The normalized spacial score (nSPS) is 14.9. The molecule has 5 rings (SSSR count). The quantitative estimate of drug-likeness (QED) is 0.334. The number of pyridine rings is 1. The van der Waals surface area contributed by atoms with Crippen LogP contribution in [0, 0.1) is 0 Å². The maximum atomic E-state index is 11.2. The van der Waals surface area contributed by atoms with E-state index in [0.29, 0.717) is 23.7 Å². The Morgan fingerprint density at radius 3 is 2.67 bits per heavy atom. The lowest BCUT2D eigenvalue weighted by atomic mass is 9.94. The highest BCUT2D eigenvalue weighted by Crippen LogP contribution is 2.39. The van der Waals surface area contributed by atoms with Crippen LogP contribution in [-0.4, -0.2) is 46.5 Å². The van der Waals surface area contributed by atoms with E-state index in [9.17, 15) is 9.90 Å². The molecule has 1 aliphatic heterocycles. The standard InChI is InChI=1S/C31H32N4O4/c1-31(2,16-20-10-13-23(14-11-20)39-28-15-12-21(17-33-28)30(32)37)34-18-22(36)19-38-27-9-5-8-26-29(27)24-6-3-4-7-25(24)35-26/h3-7,9-15,17,22,34,36H,8,16,18-19H2,1-2H3,(H2,32,37). The first-order chi connectivity index (χ1) is 18.8. The summed E-state index contributed by atoms with van der Waals surface area (Å²) in [4.78, 5) is 20.0. The first-order valence-electron chi connectivity index (χ1n) is 12.9. The molecule has 0 spiro atoms. The van der Waals surface area contributed by atoms with Crippen LogP contribution in [-0.2, 0) is 11.2 Å². The Hall–Kier alpha value is -4.27. The average Bonchev–Trinajstić information content (AvgIpc) is 3.31. The number of allylic oxidation sites excluding steroid dienone is 3. The molecule has 0 bridgehead atoms. The molecule has 1 aromatic heterocycles. The minimum Gasteiger partial charge on any atom is -0.490 e. The van der Waals surface area contributed by atoms with Gasteiger partial charge in [0, 0.05) is 41.9 Å². The zero-order valence-electron chi connectivity index (χ0n) is 22.1. The van der Waals surface area contributed by atoms with E-state index >= 15 is 0 Å². The molecular weight excluding hydrogens is 492 g/mol. The minimum absolute atomic E-state index is 0.183. The average molecular weight is 525 g/mol. The van der Waals surface area contributed by atoms with Crippen molar-refractivity contribution in [1.82, 2.24) is 10.3 Å². The molecule has 0 fully saturated rings. The van der Waals surface area contributed by atoms with Crippen LogP contribution < -0.4 is 15.8 Å². The molecule has 200 valence electrons.